The molecule has 4 heteroatoms. The van der Waals surface area contributed by atoms with Crippen molar-refractivity contribution in [3.8, 4) is 0 Å². The van der Waals surface area contributed by atoms with Gasteiger partial charge in [0.15, 0.2) is 0 Å². The summed E-state index contributed by atoms with van der Waals surface area (Å²) in [5.74, 6) is -0.0411. The van der Waals surface area contributed by atoms with Crippen LogP contribution in [0.15, 0.2) is 35.5 Å². The highest BCUT2D eigenvalue weighted by Crippen LogP contribution is 2.73. The number of benzene rings is 1. The van der Waals surface area contributed by atoms with Crippen molar-refractivity contribution in [3.05, 3.63) is 35.9 Å². The van der Waals surface area contributed by atoms with Crippen LogP contribution in [0.25, 0.3) is 0 Å². The second kappa shape index (κ2) is 3.87. The Morgan fingerprint density at radius 1 is 1.33 bits per heavy atom. The molecule has 4 rings (SSSR count). The van der Waals surface area contributed by atoms with Gasteiger partial charge in [-0.15, -0.1) is 0 Å². The van der Waals surface area contributed by atoms with Crippen LogP contribution in [-0.2, 0) is 9.57 Å². The maximum atomic E-state index is 12.4. The van der Waals surface area contributed by atoms with Gasteiger partial charge in [0.2, 0.25) is 0 Å². The number of nitrogens with zero attached hydrogens (tertiary/aromatic N) is 1. The molecule has 0 radical (unpaired) electrons. The molecule has 4 unspecified atom stereocenters. The maximum Gasteiger partial charge on any atom is 0.341 e. The minimum Gasteiger partial charge on any atom is -0.416 e. The SMILES string of the molecule is CC1=NOC2(OC(=O)c3ccccc3)CC3C(C12)C3(C)C. The number of hydrogen-bond donors (Lipinski definition) is 0. The highest BCUT2D eigenvalue weighted by molar-refractivity contribution is 5.91. The van der Waals surface area contributed by atoms with E-state index in [2.05, 4.69) is 19.0 Å². The number of carbonyl (C=O) groups excluding carboxylic acids is 1. The molecule has 0 N–H and O–H groups in total. The lowest BCUT2D eigenvalue weighted by Gasteiger charge is -2.31. The second-order valence-corrected chi connectivity index (χ2v) is 7.03. The zero-order chi connectivity index (χ0) is 14.8. The predicted molar refractivity (Wildman–Crippen MR) is 77.7 cm³/mol. The van der Waals surface area contributed by atoms with Crippen LogP contribution in [0.4, 0.5) is 0 Å². The molecule has 110 valence electrons. The van der Waals surface area contributed by atoms with Crippen LogP contribution in [0, 0.1) is 23.2 Å². The van der Waals surface area contributed by atoms with Crippen LogP contribution in [-0.4, -0.2) is 17.5 Å². The Balaban J connectivity index is 1.60. The predicted octanol–water partition coefficient (Wildman–Crippen LogP) is 3.24. The standard InChI is InChI=1S/C17H19NO3/c1-10-13-14-12(16(14,2)3)9-17(13,21-18-10)20-15(19)11-7-5-4-6-8-11/h4-8,12-14H,9H2,1-3H3. The van der Waals surface area contributed by atoms with Crippen LogP contribution in [0.1, 0.15) is 37.6 Å². The molecule has 4 nitrogen and oxygen atoms in total. The normalized spacial score (nSPS) is 38.0. The molecule has 1 aliphatic heterocycles. The molecule has 4 atom stereocenters. The number of carbonyl (C=O) groups is 1. The first kappa shape index (κ1) is 12.9. The molecule has 1 heterocycles. The molecule has 2 fully saturated rings. The molecule has 2 saturated carbocycles. The van der Waals surface area contributed by atoms with Crippen LogP contribution in [0.5, 0.6) is 0 Å². The highest BCUT2D eigenvalue weighted by Gasteiger charge is 2.77. The van der Waals surface area contributed by atoms with Crippen molar-refractivity contribution in [2.24, 2.45) is 28.3 Å². The summed E-state index contributed by atoms with van der Waals surface area (Å²) < 4.78 is 5.80. The van der Waals surface area contributed by atoms with Gasteiger partial charge in [-0.05, 0) is 36.3 Å². The van der Waals surface area contributed by atoms with Gasteiger partial charge in [0.1, 0.15) is 0 Å². The molecule has 21 heavy (non-hydrogen) atoms. The van der Waals surface area contributed by atoms with Gasteiger partial charge in [0, 0.05) is 6.42 Å². The number of esters is 1. The molecule has 0 spiro atoms. The van der Waals surface area contributed by atoms with Gasteiger partial charge in [0.05, 0.1) is 17.2 Å². The molecule has 2 aliphatic carbocycles. The van der Waals surface area contributed by atoms with Crippen molar-refractivity contribution >= 4 is 11.7 Å². The van der Waals surface area contributed by atoms with Crippen LogP contribution >= 0.6 is 0 Å². The smallest absolute Gasteiger partial charge is 0.341 e. The van der Waals surface area contributed by atoms with E-state index in [9.17, 15) is 4.79 Å². The molecule has 1 aromatic carbocycles. The van der Waals surface area contributed by atoms with Crippen molar-refractivity contribution in [1.82, 2.24) is 0 Å². The second-order valence-electron chi connectivity index (χ2n) is 7.03. The number of hydrogen-bond acceptors (Lipinski definition) is 4. The fraction of sp³-hybridized carbons (Fsp3) is 0.529. The lowest BCUT2D eigenvalue weighted by molar-refractivity contribution is -0.209. The van der Waals surface area contributed by atoms with Gasteiger partial charge in [-0.2, -0.15) is 0 Å². The molecule has 3 aliphatic rings. The number of ether oxygens (including phenoxy) is 1. The fourth-order valence-corrected chi connectivity index (χ4v) is 4.34. The maximum absolute atomic E-state index is 12.4. The van der Waals surface area contributed by atoms with Gasteiger partial charge in [-0.25, -0.2) is 4.79 Å². The average Bonchev–Trinajstić information content (AvgIpc) is 2.80. The molecule has 1 aromatic rings. The summed E-state index contributed by atoms with van der Waals surface area (Å²) in [6.45, 7) is 6.52. The zero-order valence-corrected chi connectivity index (χ0v) is 12.5. The molecule has 0 amide bonds. The third kappa shape index (κ3) is 1.62. The lowest BCUT2D eigenvalue weighted by Crippen LogP contribution is -2.43. The van der Waals surface area contributed by atoms with E-state index in [1.165, 1.54) is 0 Å². The van der Waals surface area contributed by atoms with Crippen molar-refractivity contribution in [2.75, 3.05) is 0 Å². The Morgan fingerprint density at radius 3 is 2.76 bits per heavy atom. The van der Waals surface area contributed by atoms with Crippen molar-refractivity contribution in [2.45, 2.75) is 33.0 Å². The van der Waals surface area contributed by atoms with Gasteiger partial charge < -0.3 is 9.57 Å². The number of oxime groups is 1. The Morgan fingerprint density at radius 2 is 2.05 bits per heavy atom. The first-order valence-electron chi connectivity index (χ1n) is 7.47. The molecule has 0 bridgehead atoms. The van der Waals surface area contributed by atoms with Gasteiger partial charge >= 0.3 is 5.97 Å². The van der Waals surface area contributed by atoms with E-state index >= 15 is 0 Å². The van der Waals surface area contributed by atoms with Crippen LogP contribution < -0.4 is 0 Å². The summed E-state index contributed by atoms with van der Waals surface area (Å²) >= 11 is 0. The lowest BCUT2D eigenvalue weighted by atomic mass is 9.85. The Bertz CT molecular complexity index is 637. The summed E-state index contributed by atoms with van der Waals surface area (Å²) in [5, 5.41) is 4.12. The molecular formula is C17H19NO3. The topological polar surface area (TPSA) is 47.9 Å². The number of fused-ring (bicyclic) bond motifs is 3. The van der Waals surface area contributed by atoms with Gasteiger partial charge in [0.25, 0.3) is 5.79 Å². The average molecular weight is 285 g/mol. The van der Waals surface area contributed by atoms with Gasteiger partial charge in [-0.3, -0.25) is 0 Å². The van der Waals surface area contributed by atoms with Crippen molar-refractivity contribution in [3.63, 3.8) is 0 Å². The molecular weight excluding hydrogens is 266 g/mol. The minimum absolute atomic E-state index is 0.102. The summed E-state index contributed by atoms with van der Waals surface area (Å²) in [6, 6.07) is 9.06. The van der Waals surface area contributed by atoms with E-state index in [0.29, 0.717) is 22.8 Å². The van der Waals surface area contributed by atoms with E-state index in [1.54, 1.807) is 12.1 Å². The van der Waals surface area contributed by atoms with E-state index in [1.807, 2.05) is 25.1 Å². The van der Waals surface area contributed by atoms with E-state index in [0.717, 1.165) is 12.1 Å². The first-order valence-corrected chi connectivity index (χ1v) is 7.47. The Kier molecular flexibility index (Phi) is 2.37. The Labute approximate surface area is 124 Å². The van der Waals surface area contributed by atoms with Crippen LogP contribution in [0.3, 0.4) is 0 Å². The van der Waals surface area contributed by atoms with E-state index in [-0.39, 0.29) is 11.9 Å². The third-order valence-electron chi connectivity index (χ3n) is 5.55. The van der Waals surface area contributed by atoms with Crippen molar-refractivity contribution in [1.29, 1.82) is 0 Å². The third-order valence-corrected chi connectivity index (χ3v) is 5.55. The summed E-state index contributed by atoms with van der Waals surface area (Å²) in [7, 11) is 0. The summed E-state index contributed by atoms with van der Waals surface area (Å²) in [5.41, 5.74) is 1.81. The van der Waals surface area contributed by atoms with Gasteiger partial charge in [-0.1, -0.05) is 37.2 Å². The van der Waals surface area contributed by atoms with Crippen LogP contribution in [0.2, 0.25) is 0 Å². The fourth-order valence-electron chi connectivity index (χ4n) is 4.34. The number of rotatable bonds is 2. The minimum atomic E-state index is -0.873. The van der Waals surface area contributed by atoms with E-state index in [4.69, 9.17) is 9.57 Å². The zero-order valence-electron chi connectivity index (χ0n) is 12.5. The molecule has 0 saturated heterocycles. The van der Waals surface area contributed by atoms with E-state index < -0.39 is 5.79 Å². The first-order chi connectivity index (χ1) is 9.96. The largest absolute Gasteiger partial charge is 0.416 e. The highest BCUT2D eigenvalue weighted by atomic mass is 16.8. The monoisotopic (exact) mass is 285 g/mol. The quantitative estimate of drug-likeness (QED) is 0.784. The summed E-state index contributed by atoms with van der Waals surface area (Å²) in [6.07, 6.45) is 0.745. The molecule has 0 aromatic heterocycles. The Hall–Kier alpha value is -1.84. The van der Waals surface area contributed by atoms with Crippen molar-refractivity contribution < 1.29 is 14.4 Å². The summed E-state index contributed by atoms with van der Waals surface area (Å²) in [4.78, 5) is 18.0.